The lowest BCUT2D eigenvalue weighted by Gasteiger charge is -2.24. The first-order chi connectivity index (χ1) is 9.56. The van der Waals surface area contributed by atoms with E-state index in [9.17, 15) is 10.2 Å². The molecular weight excluding hydrogens is 256 g/mol. The van der Waals surface area contributed by atoms with Gasteiger partial charge in [0.1, 0.15) is 11.6 Å². The Labute approximate surface area is 117 Å². The quantitative estimate of drug-likeness (QED) is 0.826. The third-order valence-corrected chi connectivity index (χ3v) is 3.92. The molecular formula is C15H18N2O3. The summed E-state index contributed by atoms with van der Waals surface area (Å²) in [4.78, 5) is 4.30. The average Bonchev–Trinajstić information content (AvgIpc) is 2.82. The largest absolute Gasteiger partial charge is 0.507 e. The van der Waals surface area contributed by atoms with Crippen molar-refractivity contribution in [2.45, 2.75) is 33.7 Å². The maximum absolute atomic E-state index is 10.5. The number of nitrogens with zero attached hydrogens (tertiary/aromatic N) is 2. The molecule has 0 unspecified atom stereocenters. The summed E-state index contributed by atoms with van der Waals surface area (Å²) in [6, 6.07) is 0. The van der Waals surface area contributed by atoms with Gasteiger partial charge in [0.05, 0.1) is 24.1 Å². The number of aryl methyl sites for hydroxylation is 1. The second-order valence-electron chi connectivity index (χ2n) is 5.03. The molecule has 1 aliphatic rings. The van der Waals surface area contributed by atoms with Gasteiger partial charge in [0, 0.05) is 17.7 Å². The molecule has 0 bridgehead atoms. The van der Waals surface area contributed by atoms with Gasteiger partial charge in [-0.2, -0.15) is 0 Å². The van der Waals surface area contributed by atoms with Crippen LogP contribution in [0.15, 0.2) is 6.20 Å². The van der Waals surface area contributed by atoms with E-state index < -0.39 is 0 Å². The zero-order chi connectivity index (χ0) is 14.4. The number of aromatic hydroxyl groups is 2. The van der Waals surface area contributed by atoms with Crippen LogP contribution in [0.1, 0.15) is 23.9 Å². The normalized spacial score (nSPS) is 12.9. The number of rotatable bonds is 2. The van der Waals surface area contributed by atoms with Gasteiger partial charge < -0.3 is 19.5 Å². The van der Waals surface area contributed by atoms with E-state index in [1.807, 2.05) is 18.4 Å². The van der Waals surface area contributed by atoms with E-state index >= 15 is 0 Å². The number of benzene rings is 1. The molecule has 2 aromatic rings. The molecule has 0 spiro atoms. The molecule has 0 saturated carbocycles. The fraction of sp³-hybridized carbons (Fsp3) is 0.400. The lowest BCUT2D eigenvalue weighted by Crippen LogP contribution is -2.13. The van der Waals surface area contributed by atoms with E-state index in [1.54, 1.807) is 13.1 Å². The summed E-state index contributed by atoms with van der Waals surface area (Å²) >= 11 is 0. The van der Waals surface area contributed by atoms with Crippen molar-refractivity contribution in [3.05, 3.63) is 23.1 Å². The minimum atomic E-state index is 0.0954. The number of ether oxygens (including phenoxy) is 1. The van der Waals surface area contributed by atoms with E-state index in [-0.39, 0.29) is 11.5 Å². The molecule has 0 aliphatic carbocycles. The standard InChI is InChI=1S/C15H18N2O3/c1-4-20-15-8(2)13(18)10-5-6-17-9(3)16-7-11(17)12(10)14(15)19/h7,18-19H,4-6H2,1-3H3. The molecule has 0 atom stereocenters. The predicted octanol–water partition coefficient (Wildman–Crippen LogP) is 2.53. The number of aromatic nitrogens is 2. The first-order valence-corrected chi connectivity index (χ1v) is 6.78. The maximum Gasteiger partial charge on any atom is 0.168 e. The van der Waals surface area contributed by atoms with Crippen LogP contribution < -0.4 is 4.74 Å². The molecule has 5 heteroatoms. The zero-order valence-electron chi connectivity index (χ0n) is 11.9. The van der Waals surface area contributed by atoms with Crippen molar-refractivity contribution in [2.75, 3.05) is 6.61 Å². The average molecular weight is 274 g/mol. The number of hydrogen-bond donors (Lipinski definition) is 2. The van der Waals surface area contributed by atoms with Gasteiger partial charge in [-0.25, -0.2) is 4.98 Å². The van der Waals surface area contributed by atoms with Crippen molar-refractivity contribution in [2.24, 2.45) is 0 Å². The summed E-state index contributed by atoms with van der Waals surface area (Å²) in [5.74, 6) is 1.57. The highest BCUT2D eigenvalue weighted by Gasteiger charge is 2.28. The summed E-state index contributed by atoms with van der Waals surface area (Å²) in [6.45, 7) is 6.74. The highest BCUT2D eigenvalue weighted by Crippen LogP contribution is 2.49. The Morgan fingerprint density at radius 3 is 2.75 bits per heavy atom. The third-order valence-electron chi connectivity index (χ3n) is 3.92. The van der Waals surface area contributed by atoms with Gasteiger partial charge in [0.25, 0.3) is 0 Å². The molecule has 20 heavy (non-hydrogen) atoms. The number of phenols is 2. The van der Waals surface area contributed by atoms with Crippen molar-refractivity contribution < 1.29 is 14.9 Å². The third kappa shape index (κ3) is 1.59. The van der Waals surface area contributed by atoms with Gasteiger partial charge in [0.2, 0.25) is 0 Å². The van der Waals surface area contributed by atoms with Crippen molar-refractivity contribution >= 4 is 0 Å². The van der Waals surface area contributed by atoms with Crippen molar-refractivity contribution in [3.63, 3.8) is 0 Å². The van der Waals surface area contributed by atoms with Crippen LogP contribution in [0.4, 0.5) is 0 Å². The van der Waals surface area contributed by atoms with Gasteiger partial charge in [-0.3, -0.25) is 0 Å². The molecule has 1 aliphatic heterocycles. The van der Waals surface area contributed by atoms with Crippen molar-refractivity contribution in [1.82, 2.24) is 9.55 Å². The summed E-state index contributed by atoms with van der Waals surface area (Å²) in [7, 11) is 0. The highest BCUT2D eigenvalue weighted by molar-refractivity contribution is 5.80. The van der Waals surface area contributed by atoms with E-state index in [2.05, 4.69) is 4.98 Å². The smallest absolute Gasteiger partial charge is 0.168 e. The molecule has 5 nitrogen and oxygen atoms in total. The van der Waals surface area contributed by atoms with Gasteiger partial charge in [0.15, 0.2) is 11.5 Å². The summed E-state index contributed by atoms with van der Waals surface area (Å²) in [5, 5.41) is 20.9. The molecule has 1 aromatic carbocycles. The van der Waals surface area contributed by atoms with E-state index in [0.717, 1.165) is 23.6 Å². The monoisotopic (exact) mass is 274 g/mol. The van der Waals surface area contributed by atoms with Crippen LogP contribution in [0.5, 0.6) is 17.2 Å². The van der Waals surface area contributed by atoms with Crippen molar-refractivity contribution in [1.29, 1.82) is 0 Å². The SMILES string of the molecule is CCOc1c(C)c(O)c2c(c1O)-c1cnc(C)n1CC2. The second kappa shape index (κ2) is 4.44. The fourth-order valence-corrected chi connectivity index (χ4v) is 2.90. The van der Waals surface area contributed by atoms with Crippen LogP contribution in [-0.4, -0.2) is 26.4 Å². The predicted molar refractivity (Wildman–Crippen MR) is 75.3 cm³/mol. The minimum Gasteiger partial charge on any atom is -0.507 e. The van der Waals surface area contributed by atoms with Crippen LogP contribution >= 0.6 is 0 Å². The van der Waals surface area contributed by atoms with E-state index in [0.29, 0.717) is 29.9 Å². The van der Waals surface area contributed by atoms with Crippen LogP contribution in [0, 0.1) is 13.8 Å². The molecule has 1 aromatic heterocycles. The molecule has 0 amide bonds. The second-order valence-corrected chi connectivity index (χ2v) is 5.03. The minimum absolute atomic E-state index is 0.0954. The van der Waals surface area contributed by atoms with Crippen LogP contribution in [0.3, 0.4) is 0 Å². The Bertz CT molecular complexity index is 689. The Balaban J connectivity index is 2.33. The first-order valence-electron chi connectivity index (χ1n) is 6.78. The topological polar surface area (TPSA) is 67.5 Å². The van der Waals surface area contributed by atoms with Gasteiger partial charge in [-0.15, -0.1) is 0 Å². The highest BCUT2D eigenvalue weighted by atomic mass is 16.5. The molecule has 3 rings (SSSR count). The Morgan fingerprint density at radius 1 is 1.30 bits per heavy atom. The van der Waals surface area contributed by atoms with Crippen LogP contribution in [0.25, 0.3) is 11.3 Å². The Hall–Kier alpha value is -2.17. The van der Waals surface area contributed by atoms with Crippen LogP contribution in [-0.2, 0) is 13.0 Å². The summed E-state index contributed by atoms with van der Waals surface area (Å²) < 4.78 is 7.54. The lowest BCUT2D eigenvalue weighted by molar-refractivity contribution is 0.312. The van der Waals surface area contributed by atoms with Crippen LogP contribution in [0.2, 0.25) is 0 Å². The Morgan fingerprint density at radius 2 is 2.05 bits per heavy atom. The number of phenolic OH excluding ortho intramolecular Hbond substituents is 2. The number of hydrogen-bond acceptors (Lipinski definition) is 4. The molecule has 2 heterocycles. The van der Waals surface area contributed by atoms with Gasteiger partial charge in [-0.1, -0.05) is 0 Å². The first kappa shape index (κ1) is 12.8. The zero-order valence-corrected chi connectivity index (χ0v) is 11.9. The molecule has 0 radical (unpaired) electrons. The maximum atomic E-state index is 10.5. The summed E-state index contributed by atoms with van der Waals surface area (Å²) in [5.41, 5.74) is 2.84. The lowest BCUT2D eigenvalue weighted by atomic mass is 9.93. The molecule has 0 saturated heterocycles. The number of fused-ring (bicyclic) bond motifs is 3. The summed E-state index contributed by atoms with van der Waals surface area (Å²) in [6.07, 6.45) is 2.41. The van der Waals surface area contributed by atoms with Crippen molar-refractivity contribution in [3.8, 4) is 28.5 Å². The van der Waals surface area contributed by atoms with Gasteiger partial charge in [-0.05, 0) is 27.2 Å². The number of imidazole rings is 1. The molecule has 0 fully saturated rings. The van der Waals surface area contributed by atoms with E-state index in [4.69, 9.17) is 4.74 Å². The molecule has 106 valence electrons. The Kier molecular flexibility index (Phi) is 2.85. The van der Waals surface area contributed by atoms with Gasteiger partial charge >= 0.3 is 0 Å². The fourth-order valence-electron chi connectivity index (χ4n) is 2.90. The van der Waals surface area contributed by atoms with E-state index in [1.165, 1.54) is 0 Å². The molecule has 2 N–H and O–H groups in total.